The number of rotatable bonds is 4. The highest BCUT2D eigenvalue weighted by Gasteiger charge is 2.28. The third-order valence-corrected chi connectivity index (χ3v) is 6.76. The number of benzene rings is 3. The predicted molar refractivity (Wildman–Crippen MR) is 139 cm³/mol. The lowest BCUT2D eigenvalue weighted by Gasteiger charge is -2.25. The summed E-state index contributed by atoms with van der Waals surface area (Å²) >= 11 is 0. The number of aromatic nitrogens is 1. The Hall–Kier alpha value is -3.99. The number of fused-ring (bicyclic) bond motifs is 1. The summed E-state index contributed by atoms with van der Waals surface area (Å²) in [7, 11) is 0. The van der Waals surface area contributed by atoms with Gasteiger partial charge < -0.3 is 9.80 Å². The molecule has 1 saturated heterocycles. The Labute approximate surface area is 206 Å². The molecule has 1 atom stereocenters. The second-order valence-corrected chi connectivity index (χ2v) is 9.23. The summed E-state index contributed by atoms with van der Waals surface area (Å²) in [5.74, 6) is 0.211. The first-order valence-corrected chi connectivity index (χ1v) is 12.1. The summed E-state index contributed by atoms with van der Waals surface area (Å²) in [6.45, 7) is 3.94. The molecular formula is C30H29N3O2. The smallest absolute Gasteiger partial charge is 0.254 e. The summed E-state index contributed by atoms with van der Waals surface area (Å²) in [5, 5.41) is 1.10. The Kier molecular flexibility index (Phi) is 6.57. The van der Waals surface area contributed by atoms with Gasteiger partial charge in [0.25, 0.3) is 5.91 Å². The van der Waals surface area contributed by atoms with Gasteiger partial charge in [0.2, 0.25) is 5.91 Å². The topological polar surface area (TPSA) is 53.5 Å². The Morgan fingerprint density at radius 2 is 1.60 bits per heavy atom. The number of hydrogen-bond acceptors (Lipinski definition) is 3. The first-order valence-electron chi connectivity index (χ1n) is 12.1. The van der Waals surface area contributed by atoms with Crippen molar-refractivity contribution in [3.63, 3.8) is 0 Å². The van der Waals surface area contributed by atoms with E-state index in [0.717, 1.165) is 28.5 Å². The molecule has 0 spiro atoms. The molecule has 4 aromatic rings. The van der Waals surface area contributed by atoms with Crippen molar-refractivity contribution >= 4 is 22.7 Å². The van der Waals surface area contributed by atoms with E-state index in [4.69, 9.17) is 0 Å². The highest BCUT2D eigenvalue weighted by atomic mass is 16.2. The quantitative estimate of drug-likeness (QED) is 0.425. The molecule has 0 N–H and O–H groups in total. The van der Waals surface area contributed by atoms with Gasteiger partial charge in [0.1, 0.15) is 0 Å². The fourth-order valence-electron chi connectivity index (χ4n) is 5.00. The van der Waals surface area contributed by atoms with Crippen LogP contribution in [-0.2, 0) is 11.2 Å². The second kappa shape index (κ2) is 10.1. The molecule has 0 bridgehead atoms. The molecule has 3 aromatic carbocycles. The molecule has 176 valence electrons. The van der Waals surface area contributed by atoms with Gasteiger partial charge in [0, 0.05) is 50.2 Å². The molecular weight excluding hydrogens is 434 g/mol. The van der Waals surface area contributed by atoms with Crippen LogP contribution < -0.4 is 0 Å². The van der Waals surface area contributed by atoms with Crippen LogP contribution in [0.1, 0.15) is 22.8 Å². The third-order valence-electron chi connectivity index (χ3n) is 6.76. The zero-order valence-electron chi connectivity index (χ0n) is 19.9. The number of amides is 2. The molecule has 1 aliphatic rings. The van der Waals surface area contributed by atoms with E-state index in [2.05, 4.69) is 23.2 Å². The van der Waals surface area contributed by atoms with E-state index < -0.39 is 0 Å². The molecule has 1 aliphatic heterocycles. The van der Waals surface area contributed by atoms with Crippen LogP contribution >= 0.6 is 0 Å². The second-order valence-electron chi connectivity index (χ2n) is 9.23. The van der Waals surface area contributed by atoms with Gasteiger partial charge in [-0.2, -0.15) is 0 Å². The van der Waals surface area contributed by atoms with Gasteiger partial charge in [-0.15, -0.1) is 0 Å². The summed E-state index contributed by atoms with van der Waals surface area (Å²) in [5.41, 5.74) is 4.82. The molecule has 2 amide bonds. The fraction of sp³-hybridized carbons (Fsp3) is 0.233. The van der Waals surface area contributed by atoms with E-state index in [9.17, 15) is 9.59 Å². The van der Waals surface area contributed by atoms with Crippen LogP contribution in [0, 0.1) is 5.92 Å². The highest BCUT2D eigenvalue weighted by molar-refractivity contribution is 6.01. The SMILES string of the molecule is CC(=O)N1CCN(C(=O)c2ccccc2-c2ccccc2)C[C@H](Cc2ccc3ncccc3c2)C1. The van der Waals surface area contributed by atoms with E-state index in [1.54, 1.807) is 13.1 Å². The Balaban J connectivity index is 1.42. The van der Waals surface area contributed by atoms with Gasteiger partial charge >= 0.3 is 0 Å². The molecule has 35 heavy (non-hydrogen) atoms. The van der Waals surface area contributed by atoms with Crippen LogP contribution in [0.4, 0.5) is 0 Å². The van der Waals surface area contributed by atoms with Gasteiger partial charge in [-0.05, 0) is 53.3 Å². The van der Waals surface area contributed by atoms with E-state index in [1.165, 1.54) is 5.56 Å². The average molecular weight is 464 g/mol. The van der Waals surface area contributed by atoms with Gasteiger partial charge in [0.05, 0.1) is 5.52 Å². The van der Waals surface area contributed by atoms with Crippen molar-refractivity contribution in [2.75, 3.05) is 26.2 Å². The first kappa shape index (κ1) is 22.8. The molecule has 1 aromatic heterocycles. The van der Waals surface area contributed by atoms with Crippen molar-refractivity contribution < 1.29 is 9.59 Å². The molecule has 0 aliphatic carbocycles. The van der Waals surface area contributed by atoms with E-state index >= 15 is 0 Å². The lowest BCUT2D eigenvalue weighted by atomic mass is 9.96. The molecule has 1 fully saturated rings. The first-order chi connectivity index (χ1) is 17.1. The normalized spacial score (nSPS) is 16.2. The van der Waals surface area contributed by atoms with Crippen LogP contribution in [0.2, 0.25) is 0 Å². The summed E-state index contributed by atoms with van der Waals surface area (Å²) in [6, 6.07) is 28.1. The van der Waals surface area contributed by atoms with Gasteiger partial charge in [-0.3, -0.25) is 14.6 Å². The van der Waals surface area contributed by atoms with Crippen molar-refractivity contribution in [2.45, 2.75) is 13.3 Å². The minimum absolute atomic E-state index is 0.0163. The van der Waals surface area contributed by atoms with Gasteiger partial charge in [-0.25, -0.2) is 0 Å². The lowest BCUT2D eigenvalue weighted by Crippen LogP contribution is -2.37. The van der Waals surface area contributed by atoms with E-state index in [0.29, 0.717) is 31.7 Å². The average Bonchev–Trinajstić information content (AvgIpc) is 3.11. The molecule has 0 unspecified atom stereocenters. The molecule has 0 radical (unpaired) electrons. The van der Waals surface area contributed by atoms with E-state index in [1.807, 2.05) is 76.5 Å². The minimum atomic E-state index is 0.0163. The highest BCUT2D eigenvalue weighted by Crippen LogP contribution is 2.26. The van der Waals surface area contributed by atoms with Crippen molar-refractivity contribution in [3.8, 4) is 11.1 Å². The summed E-state index contributed by atoms with van der Waals surface area (Å²) in [4.78, 5) is 34.4. The fourth-order valence-corrected chi connectivity index (χ4v) is 5.00. The Bertz CT molecular complexity index is 1350. The monoisotopic (exact) mass is 463 g/mol. The number of carbonyl (C=O) groups is 2. The van der Waals surface area contributed by atoms with Crippen LogP contribution in [0.3, 0.4) is 0 Å². The van der Waals surface area contributed by atoms with Crippen LogP contribution in [0.5, 0.6) is 0 Å². The zero-order valence-corrected chi connectivity index (χ0v) is 19.9. The number of pyridine rings is 1. The Morgan fingerprint density at radius 1 is 0.857 bits per heavy atom. The largest absolute Gasteiger partial charge is 0.341 e. The molecule has 0 saturated carbocycles. The Morgan fingerprint density at radius 3 is 2.43 bits per heavy atom. The van der Waals surface area contributed by atoms with Crippen LogP contribution in [0.25, 0.3) is 22.0 Å². The summed E-state index contributed by atoms with van der Waals surface area (Å²) in [6.07, 6.45) is 2.59. The number of hydrogen-bond donors (Lipinski definition) is 0. The van der Waals surface area contributed by atoms with Gasteiger partial charge in [-0.1, -0.05) is 60.7 Å². The third kappa shape index (κ3) is 5.09. The number of nitrogens with zero attached hydrogens (tertiary/aromatic N) is 3. The maximum Gasteiger partial charge on any atom is 0.254 e. The predicted octanol–water partition coefficient (Wildman–Crippen LogP) is 5.07. The maximum atomic E-state index is 13.8. The number of carbonyl (C=O) groups excluding carboxylic acids is 2. The van der Waals surface area contributed by atoms with Crippen molar-refractivity contribution in [1.82, 2.24) is 14.8 Å². The molecule has 2 heterocycles. The van der Waals surface area contributed by atoms with Crippen molar-refractivity contribution in [2.24, 2.45) is 5.92 Å². The lowest BCUT2D eigenvalue weighted by molar-refractivity contribution is -0.129. The van der Waals surface area contributed by atoms with Crippen molar-refractivity contribution in [3.05, 3.63) is 102 Å². The standard InChI is InChI=1S/C30H29N3O2/c1-22(34)32-16-17-33(30(35)28-12-6-5-11-27(28)25-8-3-2-4-9-25)21-24(20-32)18-23-13-14-29-26(19-23)10-7-15-31-29/h2-15,19,24H,16-18,20-21H2,1H3/t24-/m1/s1. The molecule has 5 rings (SSSR count). The van der Waals surface area contributed by atoms with Crippen molar-refractivity contribution in [1.29, 1.82) is 0 Å². The molecule has 5 nitrogen and oxygen atoms in total. The van der Waals surface area contributed by atoms with E-state index in [-0.39, 0.29) is 17.7 Å². The van der Waals surface area contributed by atoms with Crippen LogP contribution in [0.15, 0.2) is 91.1 Å². The molecule has 5 heteroatoms. The van der Waals surface area contributed by atoms with Crippen LogP contribution in [-0.4, -0.2) is 52.8 Å². The minimum Gasteiger partial charge on any atom is -0.341 e. The summed E-state index contributed by atoms with van der Waals surface area (Å²) < 4.78 is 0. The van der Waals surface area contributed by atoms with Gasteiger partial charge in [0.15, 0.2) is 0 Å². The zero-order chi connectivity index (χ0) is 24.2. The maximum absolute atomic E-state index is 13.8.